The highest BCUT2D eigenvalue weighted by molar-refractivity contribution is 5.82. The molecule has 0 aromatic heterocycles. The number of carbonyl (C=O) groups is 2. The van der Waals surface area contributed by atoms with Crippen LogP contribution >= 0.6 is 0 Å². The van der Waals surface area contributed by atoms with Crippen molar-refractivity contribution in [3.63, 3.8) is 0 Å². The molecule has 0 bridgehead atoms. The first kappa shape index (κ1) is 17.0. The Bertz CT molecular complexity index is 555. The molecular weight excluding hydrogens is 302 g/mol. The van der Waals surface area contributed by atoms with Gasteiger partial charge in [-0.25, -0.2) is 0 Å². The topological polar surface area (TPSA) is 61.4 Å². The molecule has 2 N–H and O–H groups in total. The van der Waals surface area contributed by atoms with Crippen molar-refractivity contribution in [2.24, 2.45) is 5.92 Å². The SMILES string of the molecule is O=C(NC1CCCNC1)C1CCCN(C(=O)Cc2ccccc2)C1. The number of likely N-dealkylation sites (tertiary alicyclic amines) is 1. The third kappa shape index (κ3) is 4.57. The zero-order chi connectivity index (χ0) is 16.8. The molecule has 2 aliphatic rings. The first-order valence-electron chi connectivity index (χ1n) is 9.05. The molecule has 0 radical (unpaired) electrons. The van der Waals surface area contributed by atoms with Crippen molar-refractivity contribution in [2.45, 2.75) is 38.1 Å². The van der Waals surface area contributed by atoms with Crippen molar-refractivity contribution in [1.29, 1.82) is 0 Å². The minimum absolute atomic E-state index is 0.0691. The maximum atomic E-state index is 12.5. The summed E-state index contributed by atoms with van der Waals surface area (Å²) in [4.78, 5) is 26.9. The zero-order valence-corrected chi connectivity index (χ0v) is 14.2. The Labute approximate surface area is 143 Å². The van der Waals surface area contributed by atoms with Crippen LogP contribution < -0.4 is 10.6 Å². The number of rotatable bonds is 4. The summed E-state index contributed by atoms with van der Waals surface area (Å²) >= 11 is 0. The summed E-state index contributed by atoms with van der Waals surface area (Å²) in [5, 5.41) is 6.48. The summed E-state index contributed by atoms with van der Waals surface area (Å²) in [6.07, 6.45) is 4.35. The third-order valence-electron chi connectivity index (χ3n) is 4.99. The lowest BCUT2D eigenvalue weighted by molar-refractivity contribution is -0.135. The van der Waals surface area contributed by atoms with Crippen LogP contribution in [0.15, 0.2) is 30.3 Å². The zero-order valence-electron chi connectivity index (χ0n) is 14.2. The van der Waals surface area contributed by atoms with E-state index in [9.17, 15) is 9.59 Å². The van der Waals surface area contributed by atoms with E-state index < -0.39 is 0 Å². The third-order valence-corrected chi connectivity index (χ3v) is 4.99. The molecule has 0 spiro atoms. The quantitative estimate of drug-likeness (QED) is 0.876. The maximum absolute atomic E-state index is 12.5. The van der Waals surface area contributed by atoms with E-state index in [2.05, 4.69) is 10.6 Å². The minimum Gasteiger partial charge on any atom is -0.352 e. The van der Waals surface area contributed by atoms with Crippen LogP contribution in [-0.4, -0.2) is 48.9 Å². The fourth-order valence-corrected chi connectivity index (χ4v) is 3.59. The number of hydrogen-bond donors (Lipinski definition) is 2. The van der Waals surface area contributed by atoms with Gasteiger partial charge in [-0.3, -0.25) is 9.59 Å². The fraction of sp³-hybridized carbons (Fsp3) is 0.579. The number of nitrogens with one attached hydrogen (secondary N) is 2. The van der Waals surface area contributed by atoms with Crippen LogP contribution in [0.2, 0.25) is 0 Å². The number of benzene rings is 1. The van der Waals surface area contributed by atoms with E-state index in [1.807, 2.05) is 35.2 Å². The predicted octanol–water partition coefficient (Wildman–Crippen LogP) is 1.34. The summed E-state index contributed by atoms with van der Waals surface area (Å²) in [7, 11) is 0. The van der Waals surface area contributed by atoms with Crippen LogP contribution in [0.3, 0.4) is 0 Å². The van der Waals surface area contributed by atoms with Crippen LogP contribution in [0.25, 0.3) is 0 Å². The second-order valence-electron chi connectivity index (χ2n) is 6.89. The molecule has 130 valence electrons. The molecule has 3 rings (SSSR count). The van der Waals surface area contributed by atoms with Crippen molar-refractivity contribution < 1.29 is 9.59 Å². The number of amides is 2. The Morgan fingerprint density at radius 2 is 2.00 bits per heavy atom. The summed E-state index contributed by atoms with van der Waals surface area (Å²) in [6.45, 7) is 3.21. The molecule has 1 aromatic rings. The first-order valence-corrected chi connectivity index (χ1v) is 9.05. The van der Waals surface area contributed by atoms with E-state index in [0.29, 0.717) is 13.0 Å². The first-order chi connectivity index (χ1) is 11.7. The molecule has 24 heavy (non-hydrogen) atoms. The maximum Gasteiger partial charge on any atom is 0.227 e. The standard InChI is InChI=1S/C19H27N3O2/c23-18(12-15-6-2-1-3-7-15)22-11-5-8-16(14-22)19(24)21-17-9-4-10-20-13-17/h1-3,6-7,16-17,20H,4-5,8-14H2,(H,21,24). The molecule has 2 heterocycles. The lowest BCUT2D eigenvalue weighted by Crippen LogP contribution is -2.51. The molecule has 2 saturated heterocycles. The Kier molecular flexibility index (Phi) is 5.86. The van der Waals surface area contributed by atoms with Gasteiger partial charge in [0.25, 0.3) is 0 Å². The summed E-state index contributed by atoms with van der Waals surface area (Å²) in [6, 6.07) is 10.0. The highest BCUT2D eigenvalue weighted by Gasteiger charge is 2.29. The molecule has 5 heteroatoms. The van der Waals surface area contributed by atoms with E-state index in [1.54, 1.807) is 0 Å². The van der Waals surface area contributed by atoms with Gasteiger partial charge in [-0.15, -0.1) is 0 Å². The molecule has 2 aliphatic heterocycles. The van der Waals surface area contributed by atoms with Gasteiger partial charge in [-0.2, -0.15) is 0 Å². The second-order valence-corrected chi connectivity index (χ2v) is 6.89. The molecular formula is C19H27N3O2. The predicted molar refractivity (Wildman–Crippen MR) is 93.5 cm³/mol. The van der Waals surface area contributed by atoms with E-state index in [1.165, 1.54) is 0 Å². The van der Waals surface area contributed by atoms with Crippen LogP contribution in [0.1, 0.15) is 31.2 Å². The van der Waals surface area contributed by atoms with Gasteiger partial charge in [0.1, 0.15) is 0 Å². The molecule has 2 amide bonds. The number of hydrogen-bond acceptors (Lipinski definition) is 3. The van der Waals surface area contributed by atoms with Crippen molar-refractivity contribution in [3.05, 3.63) is 35.9 Å². The van der Waals surface area contributed by atoms with Crippen LogP contribution in [0.4, 0.5) is 0 Å². The van der Waals surface area contributed by atoms with E-state index >= 15 is 0 Å². The number of nitrogens with zero attached hydrogens (tertiary/aromatic N) is 1. The molecule has 0 saturated carbocycles. The van der Waals surface area contributed by atoms with Gasteiger partial charge in [0.2, 0.25) is 11.8 Å². The number of piperidine rings is 2. The Balaban J connectivity index is 1.51. The van der Waals surface area contributed by atoms with Crippen molar-refractivity contribution >= 4 is 11.8 Å². The lowest BCUT2D eigenvalue weighted by Gasteiger charge is -2.33. The lowest BCUT2D eigenvalue weighted by atomic mass is 9.95. The Morgan fingerprint density at radius 3 is 2.75 bits per heavy atom. The van der Waals surface area contributed by atoms with Crippen LogP contribution in [0.5, 0.6) is 0 Å². The molecule has 2 unspecified atom stereocenters. The van der Waals surface area contributed by atoms with E-state index in [0.717, 1.165) is 50.9 Å². The molecule has 2 atom stereocenters. The second kappa shape index (κ2) is 8.29. The van der Waals surface area contributed by atoms with Gasteiger partial charge in [0, 0.05) is 25.7 Å². The van der Waals surface area contributed by atoms with Crippen LogP contribution in [-0.2, 0) is 16.0 Å². The van der Waals surface area contributed by atoms with Crippen molar-refractivity contribution in [1.82, 2.24) is 15.5 Å². The van der Waals surface area contributed by atoms with Gasteiger partial charge < -0.3 is 15.5 Å². The minimum atomic E-state index is -0.0691. The fourth-order valence-electron chi connectivity index (χ4n) is 3.59. The van der Waals surface area contributed by atoms with Crippen molar-refractivity contribution in [3.8, 4) is 0 Å². The van der Waals surface area contributed by atoms with Gasteiger partial charge in [-0.1, -0.05) is 30.3 Å². The highest BCUT2D eigenvalue weighted by atomic mass is 16.2. The highest BCUT2D eigenvalue weighted by Crippen LogP contribution is 2.18. The summed E-state index contributed by atoms with van der Waals surface area (Å²) < 4.78 is 0. The monoisotopic (exact) mass is 329 g/mol. The van der Waals surface area contributed by atoms with Gasteiger partial charge in [0.05, 0.1) is 12.3 Å². The van der Waals surface area contributed by atoms with Crippen LogP contribution in [0, 0.1) is 5.92 Å². The van der Waals surface area contributed by atoms with Gasteiger partial charge in [0.15, 0.2) is 0 Å². The Hall–Kier alpha value is -1.88. The van der Waals surface area contributed by atoms with Gasteiger partial charge >= 0.3 is 0 Å². The largest absolute Gasteiger partial charge is 0.352 e. The normalized spacial score (nSPS) is 24.4. The molecule has 0 aliphatic carbocycles. The molecule has 2 fully saturated rings. The van der Waals surface area contributed by atoms with E-state index in [4.69, 9.17) is 0 Å². The van der Waals surface area contributed by atoms with Gasteiger partial charge in [-0.05, 0) is 37.8 Å². The Morgan fingerprint density at radius 1 is 1.17 bits per heavy atom. The molecule has 5 nitrogen and oxygen atoms in total. The smallest absolute Gasteiger partial charge is 0.227 e. The van der Waals surface area contributed by atoms with Crippen molar-refractivity contribution in [2.75, 3.05) is 26.2 Å². The average Bonchev–Trinajstić information content (AvgIpc) is 2.63. The summed E-state index contributed by atoms with van der Waals surface area (Å²) in [5.74, 6) is 0.166. The summed E-state index contributed by atoms with van der Waals surface area (Å²) in [5.41, 5.74) is 1.03. The average molecular weight is 329 g/mol. The molecule has 1 aromatic carbocycles. The van der Waals surface area contributed by atoms with E-state index in [-0.39, 0.29) is 23.8 Å². The number of carbonyl (C=O) groups excluding carboxylic acids is 2.